The number of para-hydroxylation sites is 1. The van der Waals surface area contributed by atoms with Crippen molar-refractivity contribution in [3.63, 3.8) is 0 Å². The van der Waals surface area contributed by atoms with Gasteiger partial charge in [-0.3, -0.25) is 4.90 Å². The van der Waals surface area contributed by atoms with Crippen molar-refractivity contribution in [3.8, 4) is 0 Å². The Kier molecular flexibility index (Phi) is 8.67. The van der Waals surface area contributed by atoms with Crippen LogP contribution in [0, 0.1) is 0 Å². The van der Waals surface area contributed by atoms with Crippen LogP contribution in [0.4, 0.5) is 10.5 Å². The molecular formula is C22H30ClN3OS. The van der Waals surface area contributed by atoms with E-state index < -0.39 is 0 Å². The third-order valence-corrected chi connectivity index (χ3v) is 6.26. The van der Waals surface area contributed by atoms with Crippen molar-refractivity contribution < 1.29 is 4.79 Å². The van der Waals surface area contributed by atoms with Crippen molar-refractivity contribution in [3.05, 3.63) is 60.2 Å². The minimum atomic E-state index is 0. The number of nitrogens with zero attached hydrogens (tertiary/aromatic N) is 3. The van der Waals surface area contributed by atoms with E-state index in [0.29, 0.717) is 5.25 Å². The van der Waals surface area contributed by atoms with Gasteiger partial charge in [0.2, 0.25) is 0 Å². The quantitative estimate of drug-likeness (QED) is 0.670. The Morgan fingerprint density at radius 1 is 1.04 bits per heavy atom. The first-order valence-electron chi connectivity index (χ1n) is 9.54. The highest BCUT2D eigenvalue weighted by molar-refractivity contribution is 7.99. The molecule has 1 unspecified atom stereocenters. The number of urea groups is 1. The third-order valence-electron chi connectivity index (χ3n) is 4.87. The standard InChI is InChI=1S/C22H29N3OS.ClH/c1-23(2)15-9-16-24(3)22(26)25-17-14-20(18-10-5-4-6-11-18)27-21-13-8-7-12-19(21)25;/h4-8,10-13,20H,9,14-17H2,1-3H3;1H. The van der Waals surface area contributed by atoms with Gasteiger partial charge < -0.3 is 9.80 Å². The monoisotopic (exact) mass is 419 g/mol. The lowest BCUT2D eigenvalue weighted by Crippen LogP contribution is -2.42. The maximum atomic E-state index is 13.2. The average molecular weight is 420 g/mol. The predicted molar refractivity (Wildman–Crippen MR) is 122 cm³/mol. The number of anilines is 1. The summed E-state index contributed by atoms with van der Waals surface area (Å²) in [6, 6.07) is 19.0. The normalized spacial score (nSPS) is 16.1. The zero-order valence-corrected chi connectivity index (χ0v) is 18.5. The Labute approximate surface area is 179 Å². The Morgan fingerprint density at radius 3 is 2.43 bits per heavy atom. The summed E-state index contributed by atoms with van der Waals surface area (Å²) >= 11 is 1.87. The van der Waals surface area contributed by atoms with Gasteiger partial charge in [-0.15, -0.1) is 24.2 Å². The van der Waals surface area contributed by atoms with Crippen molar-refractivity contribution in [2.24, 2.45) is 0 Å². The second-order valence-electron chi connectivity index (χ2n) is 7.29. The minimum absolute atomic E-state index is 0. The molecule has 0 spiro atoms. The molecule has 0 fully saturated rings. The van der Waals surface area contributed by atoms with E-state index in [2.05, 4.69) is 67.5 Å². The van der Waals surface area contributed by atoms with Gasteiger partial charge in [0, 0.05) is 30.3 Å². The second kappa shape index (κ2) is 10.7. The molecule has 1 heterocycles. The molecular weight excluding hydrogens is 390 g/mol. The Balaban J connectivity index is 0.00000280. The Morgan fingerprint density at radius 2 is 1.71 bits per heavy atom. The summed E-state index contributed by atoms with van der Waals surface area (Å²) in [5.41, 5.74) is 2.36. The van der Waals surface area contributed by atoms with Crippen molar-refractivity contribution in [2.75, 3.05) is 45.7 Å². The van der Waals surface area contributed by atoms with Crippen LogP contribution in [0.2, 0.25) is 0 Å². The van der Waals surface area contributed by atoms with Gasteiger partial charge in [-0.25, -0.2) is 4.79 Å². The van der Waals surface area contributed by atoms with Crippen LogP contribution in [0.25, 0.3) is 0 Å². The summed E-state index contributed by atoms with van der Waals surface area (Å²) in [4.78, 5) is 20.3. The molecule has 0 aromatic heterocycles. The number of carbonyl (C=O) groups is 1. The number of carbonyl (C=O) groups excluding carboxylic acids is 1. The second-order valence-corrected chi connectivity index (χ2v) is 8.53. The summed E-state index contributed by atoms with van der Waals surface area (Å²) in [6.45, 7) is 2.49. The fourth-order valence-electron chi connectivity index (χ4n) is 3.39. The molecule has 0 aliphatic carbocycles. The van der Waals surface area contributed by atoms with Gasteiger partial charge in [-0.1, -0.05) is 42.5 Å². The number of fused-ring (bicyclic) bond motifs is 1. The van der Waals surface area contributed by atoms with E-state index in [4.69, 9.17) is 0 Å². The van der Waals surface area contributed by atoms with Gasteiger partial charge in [-0.2, -0.15) is 0 Å². The highest BCUT2D eigenvalue weighted by Gasteiger charge is 2.28. The van der Waals surface area contributed by atoms with Crippen LogP contribution in [-0.4, -0.2) is 56.6 Å². The van der Waals surface area contributed by atoms with Gasteiger partial charge in [-0.05, 0) is 51.2 Å². The molecule has 0 bridgehead atoms. The molecule has 4 nitrogen and oxygen atoms in total. The van der Waals surface area contributed by atoms with Crippen molar-refractivity contribution >= 4 is 35.9 Å². The number of benzene rings is 2. The number of rotatable bonds is 5. The fourth-order valence-corrected chi connectivity index (χ4v) is 4.66. The first kappa shape index (κ1) is 22.6. The van der Waals surface area contributed by atoms with E-state index in [1.807, 2.05) is 34.7 Å². The number of amides is 2. The third kappa shape index (κ3) is 5.66. The lowest BCUT2D eigenvalue weighted by molar-refractivity contribution is 0.212. The van der Waals surface area contributed by atoms with Crippen molar-refractivity contribution in [1.82, 2.24) is 9.80 Å². The van der Waals surface area contributed by atoms with Gasteiger partial charge in [0.05, 0.1) is 5.69 Å². The van der Waals surface area contributed by atoms with Crippen LogP contribution in [-0.2, 0) is 0 Å². The van der Waals surface area contributed by atoms with Crippen LogP contribution in [0.5, 0.6) is 0 Å². The summed E-state index contributed by atoms with van der Waals surface area (Å²) in [5.74, 6) is 0. The number of hydrogen-bond donors (Lipinski definition) is 0. The Hall–Kier alpha value is -1.69. The summed E-state index contributed by atoms with van der Waals surface area (Å²) in [6.07, 6.45) is 1.92. The van der Waals surface area contributed by atoms with Crippen LogP contribution < -0.4 is 4.90 Å². The Bertz CT molecular complexity index is 756. The molecule has 2 aromatic rings. The highest BCUT2D eigenvalue weighted by atomic mass is 35.5. The summed E-state index contributed by atoms with van der Waals surface area (Å²) < 4.78 is 0. The van der Waals surface area contributed by atoms with Gasteiger partial charge in [0.1, 0.15) is 0 Å². The molecule has 152 valence electrons. The van der Waals surface area contributed by atoms with E-state index in [9.17, 15) is 4.79 Å². The SMILES string of the molecule is CN(C)CCCN(C)C(=O)N1CCC(c2ccccc2)Sc2ccccc21.Cl. The molecule has 0 saturated carbocycles. The molecule has 1 aliphatic rings. The highest BCUT2D eigenvalue weighted by Crippen LogP contribution is 2.45. The van der Waals surface area contributed by atoms with E-state index >= 15 is 0 Å². The number of hydrogen-bond acceptors (Lipinski definition) is 3. The zero-order chi connectivity index (χ0) is 19.2. The van der Waals surface area contributed by atoms with Crippen LogP contribution >= 0.6 is 24.2 Å². The lowest BCUT2D eigenvalue weighted by atomic mass is 10.1. The molecule has 0 saturated heterocycles. The van der Waals surface area contributed by atoms with Gasteiger partial charge >= 0.3 is 6.03 Å². The predicted octanol–water partition coefficient (Wildman–Crippen LogP) is 5.16. The topological polar surface area (TPSA) is 26.8 Å². The first-order chi connectivity index (χ1) is 13.1. The number of thioether (sulfide) groups is 1. The van der Waals surface area contributed by atoms with Crippen molar-refractivity contribution in [2.45, 2.75) is 23.0 Å². The zero-order valence-electron chi connectivity index (χ0n) is 16.9. The summed E-state index contributed by atoms with van der Waals surface area (Å²) in [7, 11) is 6.04. The molecule has 6 heteroatoms. The van der Waals surface area contributed by atoms with E-state index in [0.717, 1.165) is 38.2 Å². The first-order valence-corrected chi connectivity index (χ1v) is 10.4. The molecule has 2 amide bonds. The maximum absolute atomic E-state index is 13.2. The van der Waals surface area contributed by atoms with E-state index in [1.54, 1.807) is 0 Å². The molecule has 3 rings (SSSR count). The smallest absolute Gasteiger partial charge is 0.324 e. The number of halogens is 1. The van der Waals surface area contributed by atoms with Crippen LogP contribution in [0.1, 0.15) is 23.7 Å². The van der Waals surface area contributed by atoms with Gasteiger partial charge in [0.15, 0.2) is 0 Å². The van der Waals surface area contributed by atoms with Crippen molar-refractivity contribution in [1.29, 1.82) is 0 Å². The minimum Gasteiger partial charge on any atom is -0.327 e. The van der Waals surface area contributed by atoms with Crippen LogP contribution in [0.15, 0.2) is 59.5 Å². The molecule has 0 radical (unpaired) electrons. The summed E-state index contributed by atoms with van der Waals surface area (Å²) in [5, 5.41) is 0.365. The largest absolute Gasteiger partial charge is 0.327 e. The molecule has 28 heavy (non-hydrogen) atoms. The molecule has 0 N–H and O–H groups in total. The molecule has 1 atom stereocenters. The molecule has 2 aromatic carbocycles. The average Bonchev–Trinajstić information content (AvgIpc) is 2.87. The lowest BCUT2D eigenvalue weighted by Gasteiger charge is -2.28. The van der Waals surface area contributed by atoms with E-state index in [1.165, 1.54) is 10.5 Å². The fraction of sp³-hybridized carbons (Fsp3) is 0.409. The maximum Gasteiger partial charge on any atom is 0.324 e. The van der Waals surface area contributed by atoms with E-state index in [-0.39, 0.29) is 18.4 Å². The van der Waals surface area contributed by atoms with Crippen LogP contribution in [0.3, 0.4) is 0 Å². The van der Waals surface area contributed by atoms with Gasteiger partial charge in [0.25, 0.3) is 0 Å². The molecule has 1 aliphatic heterocycles.